The van der Waals surface area contributed by atoms with Crippen molar-refractivity contribution < 1.29 is 14.3 Å². The molecular formula is C23H29N5O3S2. The lowest BCUT2D eigenvalue weighted by molar-refractivity contribution is -0.113. The number of aromatic nitrogens is 4. The van der Waals surface area contributed by atoms with Crippen molar-refractivity contribution in [2.24, 2.45) is 7.05 Å². The first-order chi connectivity index (χ1) is 16.0. The number of nitrogens with one attached hydrogen (secondary N) is 1. The normalized spacial score (nSPS) is 13.4. The van der Waals surface area contributed by atoms with Crippen molar-refractivity contribution in [2.75, 3.05) is 18.2 Å². The molecule has 1 aliphatic rings. The lowest BCUT2D eigenvalue weighted by Gasteiger charge is -2.09. The molecule has 0 atom stereocenters. The predicted molar refractivity (Wildman–Crippen MR) is 130 cm³/mol. The summed E-state index contributed by atoms with van der Waals surface area (Å²) < 4.78 is 9.13. The van der Waals surface area contributed by atoms with Crippen molar-refractivity contribution in [3.63, 3.8) is 0 Å². The van der Waals surface area contributed by atoms with Crippen LogP contribution >= 0.6 is 23.1 Å². The van der Waals surface area contributed by atoms with E-state index in [-0.39, 0.29) is 17.6 Å². The van der Waals surface area contributed by atoms with E-state index in [0.29, 0.717) is 22.1 Å². The number of thiophene rings is 1. The zero-order chi connectivity index (χ0) is 23.4. The number of nitrogens with zero attached hydrogens (tertiary/aromatic N) is 4. The molecule has 0 spiro atoms. The molecule has 1 amide bonds. The summed E-state index contributed by atoms with van der Waals surface area (Å²) in [5.74, 6) is 0.507. The molecule has 33 heavy (non-hydrogen) atoms. The lowest BCUT2D eigenvalue weighted by Crippen LogP contribution is -2.17. The molecule has 0 bridgehead atoms. The Labute approximate surface area is 201 Å². The highest BCUT2D eigenvalue weighted by atomic mass is 32.2. The van der Waals surface area contributed by atoms with Crippen LogP contribution in [0.25, 0.3) is 0 Å². The average Bonchev–Trinajstić information content (AvgIpc) is 3.44. The Bertz CT molecular complexity index is 1150. The molecule has 1 aliphatic carbocycles. The molecule has 0 unspecified atom stereocenters. The molecule has 0 aromatic carbocycles. The van der Waals surface area contributed by atoms with E-state index in [1.165, 1.54) is 35.1 Å². The zero-order valence-corrected chi connectivity index (χ0v) is 20.9. The quantitative estimate of drug-likeness (QED) is 0.293. The topological polar surface area (TPSA) is 91.0 Å². The first-order valence-corrected chi connectivity index (χ1v) is 13.0. The van der Waals surface area contributed by atoms with Gasteiger partial charge in [0.15, 0.2) is 5.16 Å². The lowest BCUT2D eigenvalue weighted by atomic mass is 10.1. The smallest absolute Gasteiger partial charge is 0.341 e. The van der Waals surface area contributed by atoms with Crippen LogP contribution in [-0.2, 0) is 42.4 Å². The van der Waals surface area contributed by atoms with Gasteiger partial charge in [0.05, 0.1) is 18.4 Å². The van der Waals surface area contributed by atoms with Crippen LogP contribution in [0.2, 0.25) is 0 Å². The number of hydrogen-bond acceptors (Lipinski definition) is 7. The highest BCUT2D eigenvalue weighted by Crippen LogP contribution is 2.38. The van der Waals surface area contributed by atoms with E-state index < -0.39 is 0 Å². The van der Waals surface area contributed by atoms with E-state index in [1.807, 2.05) is 30.8 Å². The maximum atomic E-state index is 12.8. The van der Waals surface area contributed by atoms with Gasteiger partial charge in [-0.1, -0.05) is 18.2 Å². The molecule has 0 saturated carbocycles. The van der Waals surface area contributed by atoms with Crippen molar-refractivity contribution in [1.29, 1.82) is 0 Å². The summed E-state index contributed by atoms with van der Waals surface area (Å²) in [6.07, 6.45) is 7.80. The number of rotatable bonds is 8. The number of aryl methyl sites for hydroxylation is 2. The van der Waals surface area contributed by atoms with Gasteiger partial charge in [-0.2, -0.15) is 0 Å². The second-order valence-electron chi connectivity index (χ2n) is 8.03. The Morgan fingerprint density at radius 1 is 1.24 bits per heavy atom. The van der Waals surface area contributed by atoms with Gasteiger partial charge in [0.2, 0.25) is 5.91 Å². The number of esters is 1. The monoisotopic (exact) mass is 487 g/mol. The maximum Gasteiger partial charge on any atom is 0.341 e. The van der Waals surface area contributed by atoms with E-state index in [0.717, 1.165) is 55.7 Å². The SMILES string of the molecule is CCn1c(Cc2cccn2C)nnc1SCC(=O)Nc1sc2c(c1C(=O)OC)CCCCC2. The first kappa shape index (κ1) is 23.6. The fraction of sp³-hybridized carbons (Fsp3) is 0.478. The molecule has 0 radical (unpaired) electrons. The fourth-order valence-corrected chi connectivity index (χ4v) is 6.27. The number of ether oxygens (including phenoxy) is 1. The number of hydrogen-bond donors (Lipinski definition) is 1. The number of carbonyl (C=O) groups excluding carboxylic acids is 2. The second-order valence-corrected chi connectivity index (χ2v) is 10.1. The minimum Gasteiger partial charge on any atom is -0.465 e. The minimum atomic E-state index is -0.381. The van der Waals surface area contributed by atoms with Gasteiger partial charge in [0.25, 0.3) is 0 Å². The summed E-state index contributed by atoms with van der Waals surface area (Å²) in [5, 5.41) is 12.9. The summed E-state index contributed by atoms with van der Waals surface area (Å²) in [7, 11) is 3.39. The molecule has 176 valence electrons. The summed E-state index contributed by atoms with van der Waals surface area (Å²) in [4.78, 5) is 26.5. The largest absolute Gasteiger partial charge is 0.465 e. The Hall–Kier alpha value is -2.59. The Kier molecular flexibility index (Phi) is 7.54. The van der Waals surface area contributed by atoms with E-state index in [2.05, 4.69) is 26.1 Å². The molecule has 8 nitrogen and oxygen atoms in total. The van der Waals surface area contributed by atoms with Gasteiger partial charge in [-0.05, 0) is 50.3 Å². The molecule has 4 rings (SSSR count). The van der Waals surface area contributed by atoms with Crippen molar-refractivity contribution in [1.82, 2.24) is 19.3 Å². The Balaban J connectivity index is 1.45. The molecule has 0 aliphatic heterocycles. The standard InChI is InChI=1S/C23H29N5O3S2/c1-4-28-18(13-15-9-8-12-27(15)2)25-26-23(28)32-14-19(29)24-21-20(22(30)31-3)16-10-6-5-7-11-17(16)33-21/h8-9,12H,4-7,10-11,13-14H2,1-3H3,(H,24,29). The molecule has 3 aromatic rings. The van der Waals surface area contributed by atoms with E-state index in [1.54, 1.807) is 0 Å². The zero-order valence-electron chi connectivity index (χ0n) is 19.2. The average molecular weight is 488 g/mol. The van der Waals surface area contributed by atoms with Crippen LogP contribution in [0.15, 0.2) is 23.5 Å². The van der Waals surface area contributed by atoms with Crippen molar-refractivity contribution in [2.45, 2.75) is 57.1 Å². The molecule has 0 saturated heterocycles. The highest BCUT2D eigenvalue weighted by Gasteiger charge is 2.26. The van der Waals surface area contributed by atoms with E-state index in [9.17, 15) is 9.59 Å². The molecule has 1 N–H and O–H groups in total. The van der Waals surface area contributed by atoms with Gasteiger partial charge in [-0.25, -0.2) is 4.79 Å². The Morgan fingerprint density at radius 3 is 2.79 bits per heavy atom. The van der Waals surface area contributed by atoms with Gasteiger partial charge in [0, 0.05) is 36.8 Å². The highest BCUT2D eigenvalue weighted by molar-refractivity contribution is 7.99. The second kappa shape index (κ2) is 10.6. The van der Waals surface area contributed by atoms with Crippen LogP contribution in [0.1, 0.15) is 58.5 Å². The summed E-state index contributed by atoms with van der Waals surface area (Å²) in [5.41, 5.74) is 2.72. The minimum absolute atomic E-state index is 0.170. The van der Waals surface area contributed by atoms with E-state index >= 15 is 0 Å². The molecule has 0 fully saturated rings. The number of amides is 1. The number of anilines is 1. The number of thioether (sulfide) groups is 1. The van der Waals surface area contributed by atoms with Crippen LogP contribution < -0.4 is 5.32 Å². The number of fused-ring (bicyclic) bond motifs is 1. The fourth-order valence-electron chi connectivity index (χ4n) is 4.16. The molecule has 10 heteroatoms. The van der Waals surface area contributed by atoms with Crippen LogP contribution in [0.3, 0.4) is 0 Å². The molecule has 3 heterocycles. The first-order valence-electron chi connectivity index (χ1n) is 11.2. The van der Waals surface area contributed by atoms with Crippen LogP contribution in [0.5, 0.6) is 0 Å². The summed E-state index contributed by atoms with van der Waals surface area (Å²) in [6.45, 7) is 2.77. The Morgan fingerprint density at radius 2 is 2.06 bits per heavy atom. The van der Waals surface area contributed by atoms with Crippen molar-refractivity contribution >= 4 is 40.0 Å². The third-order valence-electron chi connectivity index (χ3n) is 5.90. The van der Waals surface area contributed by atoms with Crippen molar-refractivity contribution in [3.05, 3.63) is 45.9 Å². The van der Waals surface area contributed by atoms with Crippen LogP contribution in [0, 0.1) is 0 Å². The third-order valence-corrected chi connectivity index (χ3v) is 8.07. The maximum absolute atomic E-state index is 12.8. The molecular weight excluding hydrogens is 458 g/mol. The number of methoxy groups -OCH3 is 1. The summed E-state index contributed by atoms with van der Waals surface area (Å²) >= 11 is 2.86. The van der Waals surface area contributed by atoms with Crippen molar-refractivity contribution in [3.8, 4) is 0 Å². The van der Waals surface area contributed by atoms with E-state index in [4.69, 9.17) is 4.74 Å². The van der Waals surface area contributed by atoms with Gasteiger partial charge in [-0.15, -0.1) is 21.5 Å². The van der Waals surface area contributed by atoms with Crippen LogP contribution in [-0.4, -0.2) is 44.1 Å². The van der Waals surface area contributed by atoms with Gasteiger partial charge in [0.1, 0.15) is 10.8 Å². The number of carbonyl (C=O) groups is 2. The molecule has 3 aromatic heterocycles. The van der Waals surface area contributed by atoms with Crippen LogP contribution in [0.4, 0.5) is 5.00 Å². The summed E-state index contributed by atoms with van der Waals surface area (Å²) in [6, 6.07) is 4.07. The van der Waals surface area contributed by atoms with Gasteiger partial charge < -0.3 is 19.2 Å². The van der Waals surface area contributed by atoms with Gasteiger partial charge in [-0.3, -0.25) is 4.79 Å². The predicted octanol–water partition coefficient (Wildman–Crippen LogP) is 4.08. The van der Waals surface area contributed by atoms with Gasteiger partial charge >= 0.3 is 5.97 Å². The third kappa shape index (κ3) is 5.16.